The Morgan fingerprint density at radius 3 is 3.00 bits per heavy atom. The molecule has 0 amide bonds. The molecule has 2 aliphatic rings. The lowest BCUT2D eigenvalue weighted by molar-refractivity contribution is -0.116. The molecule has 2 aromatic rings. The van der Waals surface area contributed by atoms with Crippen LogP contribution < -0.4 is 5.32 Å². The number of ketones is 1. The smallest absolute Gasteiger partial charge is 0.226 e. The monoisotopic (exact) mass is 300 g/mol. The van der Waals surface area contributed by atoms with Gasteiger partial charge in [-0.2, -0.15) is 10.1 Å². The first-order valence-electron chi connectivity index (χ1n) is 7.15. The van der Waals surface area contributed by atoms with Crippen LogP contribution in [0.3, 0.4) is 0 Å². The molecule has 1 atom stereocenters. The van der Waals surface area contributed by atoms with Crippen molar-refractivity contribution >= 4 is 23.1 Å². The second kappa shape index (κ2) is 4.53. The molecule has 1 aliphatic carbocycles. The molecule has 0 fully saturated rings. The molecule has 0 bridgehead atoms. The molecule has 0 radical (unpaired) electrons. The molecule has 0 saturated carbocycles. The molecule has 0 spiro atoms. The Morgan fingerprint density at radius 2 is 2.24 bits per heavy atom. The van der Waals surface area contributed by atoms with Gasteiger partial charge in [0.15, 0.2) is 5.78 Å². The summed E-state index contributed by atoms with van der Waals surface area (Å²) in [6.45, 7) is 3.97. The summed E-state index contributed by atoms with van der Waals surface area (Å²) < 4.78 is 1.87. The van der Waals surface area contributed by atoms with E-state index in [9.17, 15) is 4.79 Å². The number of fused-ring (bicyclic) bond motifs is 1. The van der Waals surface area contributed by atoms with Gasteiger partial charge in [0.1, 0.15) is 11.9 Å². The zero-order chi connectivity index (χ0) is 14.6. The Kier molecular flexibility index (Phi) is 2.75. The molecule has 2 aromatic heterocycles. The maximum atomic E-state index is 12.5. The fourth-order valence-electron chi connectivity index (χ4n) is 3.17. The van der Waals surface area contributed by atoms with E-state index in [1.807, 2.05) is 11.6 Å². The van der Waals surface area contributed by atoms with Crippen molar-refractivity contribution in [3.8, 4) is 0 Å². The van der Waals surface area contributed by atoms with Gasteiger partial charge in [0, 0.05) is 22.6 Å². The van der Waals surface area contributed by atoms with Crippen molar-refractivity contribution in [1.29, 1.82) is 0 Å². The van der Waals surface area contributed by atoms with Gasteiger partial charge in [0.2, 0.25) is 5.95 Å². The van der Waals surface area contributed by atoms with E-state index in [1.54, 1.807) is 11.3 Å². The number of carbonyl (C=O) groups is 1. The molecule has 1 aliphatic heterocycles. The Morgan fingerprint density at radius 1 is 1.38 bits per heavy atom. The van der Waals surface area contributed by atoms with Gasteiger partial charge in [-0.25, -0.2) is 4.68 Å². The Bertz CT molecular complexity index is 770. The summed E-state index contributed by atoms with van der Waals surface area (Å²) in [6.07, 6.45) is 2.45. The second-order valence-corrected chi connectivity index (χ2v) is 6.54. The van der Waals surface area contributed by atoms with E-state index in [0.717, 1.165) is 35.9 Å². The number of anilines is 1. The number of hydrogen-bond donors (Lipinski definition) is 1. The fourth-order valence-corrected chi connectivity index (χ4v) is 4.19. The highest BCUT2D eigenvalue weighted by atomic mass is 32.1. The summed E-state index contributed by atoms with van der Waals surface area (Å²) in [5.74, 6) is 1.71. The maximum absolute atomic E-state index is 12.5. The van der Waals surface area contributed by atoms with Gasteiger partial charge < -0.3 is 5.32 Å². The van der Waals surface area contributed by atoms with Crippen LogP contribution in [0.25, 0.3) is 0 Å². The first kappa shape index (κ1) is 12.8. The van der Waals surface area contributed by atoms with E-state index in [1.165, 1.54) is 10.4 Å². The average molecular weight is 300 g/mol. The van der Waals surface area contributed by atoms with Crippen LogP contribution in [-0.4, -0.2) is 20.5 Å². The number of rotatable bonds is 1. The number of carbonyl (C=O) groups excluding carboxylic acids is 1. The SMILES string of the molecule is Cc1nc2n(n1)C(c1sccc1C)C1=C(CCCC1=O)N2. The van der Waals surface area contributed by atoms with Gasteiger partial charge in [0.25, 0.3) is 0 Å². The van der Waals surface area contributed by atoms with Crippen molar-refractivity contribution in [2.24, 2.45) is 0 Å². The van der Waals surface area contributed by atoms with Gasteiger partial charge in [-0.05, 0) is 43.7 Å². The number of nitrogens with one attached hydrogen (secondary N) is 1. The lowest BCUT2D eigenvalue weighted by Crippen LogP contribution is -2.31. The quantitative estimate of drug-likeness (QED) is 0.879. The normalized spacial score (nSPS) is 21.0. The summed E-state index contributed by atoms with van der Waals surface area (Å²) in [5, 5.41) is 9.91. The number of nitrogens with zero attached hydrogens (tertiary/aromatic N) is 3. The fraction of sp³-hybridized carbons (Fsp3) is 0.400. The summed E-state index contributed by atoms with van der Waals surface area (Å²) in [7, 11) is 0. The summed E-state index contributed by atoms with van der Waals surface area (Å²) in [4.78, 5) is 18.1. The van der Waals surface area contributed by atoms with Crippen molar-refractivity contribution in [3.05, 3.63) is 39.0 Å². The van der Waals surface area contributed by atoms with Crippen LogP contribution in [0.1, 0.15) is 41.6 Å². The van der Waals surface area contributed by atoms with Crippen molar-refractivity contribution in [3.63, 3.8) is 0 Å². The average Bonchev–Trinajstić information content (AvgIpc) is 3.01. The molecular weight excluding hydrogens is 284 g/mol. The molecular formula is C15H16N4OS. The van der Waals surface area contributed by atoms with Gasteiger partial charge in [-0.1, -0.05) is 0 Å². The minimum Gasteiger partial charge on any atom is -0.328 e. The van der Waals surface area contributed by atoms with E-state index in [4.69, 9.17) is 0 Å². The van der Waals surface area contributed by atoms with Crippen molar-refractivity contribution in [1.82, 2.24) is 14.8 Å². The molecule has 0 aromatic carbocycles. The molecule has 1 N–H and O–H groups in total. The van der Waals surface area contributed by atoms with Crippen LogP contribution in [0.2, 0.25) is 0 Å². The molecule has 3 heterocycles. The lowest BCUT2D eigenvalue weighted by Gasteiger charge is -2.31. The number of hydrogen-bond acceptors (Lipinski definition) is 5. The highest BCUT2D eigenvalue weighted by molar-refractivity contribution is 7.10. The van der Waals surface area contributed by atoms with Gasteiger partial charge in [-0.3, -0.25) is 4.79 Å². The third-order valence-corrected chi connectivity index (χ3v) is 5.20. The predicted molar refractivity (Wildman–Crippen MR) is 81.5 cm³/mol. The minimum absolute atomic E-state index is 0.120. The third-order valence-electron chi connectivity index (χ3n) is 4.12. The van der Waals surface area contributed by atoms with E-state index >= 15 is 0 Å². The second-order valence-electron chi connectivity index (χ2n) is 5.59. The lowest BCUT2D eigenvalue weighted by atomic mass is 9.87. The van der Waals surface area contributed by atoms with Crippen LogP contribution in [0.5, 0.6) is 0 Å². The molecule has 5 nitrogen and oxygen atoms in total. The number of allylic oxidation sites excluding steroid dienone is 2. The highest BCUT2D eigenvalue weighted by Crippen LogP contribution is 2.42. The Balaban J connectivity index is 1.96. The van der Waals surface area contributed by atoms with Crippen LogP contribution in [0.15, 0.2) is 22.7 Å². The number of aromatic nitrogens is 3. The zero-order valence-corrected chi connectivity index (χ0v) is 12.8. The van der Waals surface area contributed by atoms with Crippen LogP contribution in [0, 0.1) is 13.8 Å². The van der Waals surface area contributed by atoms with E-state index in [2.05, 4.69) is 33.8 Å². The standard InChI is InChI=1S/C15H16N4OS/c1-8-6-7-21-14(8)13-12-10(4-3-5-11(12)20)17-15-16-9(2)18-19(13)15/h6-7,13H,3-5H2,1-2H3,(H,16,17,18). The highest BCUT2D eigenvalue weighted by Gasteiger charge is 2.37. The first-order chi connectivity index (χ1) is 10.1. The van der Waals surface area contributed by atoms with E-state index in [-0.39, 0.29) is 11.8 Å². The summed E-state index contributed by atoms with van der Waals surface area (Å²) in [6, 6.07) is 1.98. The van der Waals surface area contributed by atoms with Crippen LogP contribution in [-0.2, 0) is 4.79 Å². The molecule has 4 rings (SSSR count). The van der Waals surface area contributed by atoms with Gasteiger partial charge in [-0.15, -0.1) is 11.3 Å². The maximum Gasteiger partial charge on any atom is 0.226 e. The number of thiophene rings is 1. The molecule has 21 heavy (non-hydrogen) atoms. The van der Waals surface area contributed by atoms with Gasteiger partial charge in [0.05, 0.1) is 0 Å². The van der Waals surface area contributed by atoms with Gasteiger partial charge >= 0.3 is 0 Å². The van der Waals surface area contributed by atoms with Crippen molar-refractivity contribution in [2.75, 3.05) is 5.32 Å². The largest absolute Gasteiger partial charge is 0.328 e. The molecule has 0 saturated heterocycles. The minimum atomic E-state index is -0.120. The Labute approximate surface area is 126 Å². The van der Waals surface area contributed by atoms with Crippen LogP contribution in [0.4, 0.5) is 5.95 Å². The van der Waals surface area contributed by atoms with Crippen molar-refractivity contribution in [2.45, 2.75) is 39.2 Å². The van der Waals surface area contributed by atoms with E-state index in [0.29, 0.717) is 6.42 Å². The van der Waals surface area contributed by atoms with E-state index < -0.39 is 0 Å². The first-order valence-corrected chi connectivity index (χ1v) is 8.03. The molecule has 108 valence electrons. The number of aryl methyl sites for hydroxylation is 2. The summed E-state index contributed by atoms with van der Waals surface area (Å²) in [5.41, 5.74) is 3.12. The Hall–Kier alpha value is -1.95. The van der Waals surface area contributed by atoms with Crippen LogP contribution >= 0.6 is 11.3 Å². The third kappa shape index (κ3) is 1.86. The molecule has 1 unspecified atom stereocenters. The summed E-state index contributed by atoms with van der Waals surface area (Å²) >= 11 is 1.68. The number of Topliss-reactive ketones (excluding diaryl/α,β-unsaturated/α-hetero) is 1. The van der Waals surface area contributed by atoms with Crippen molar-refractivity contribution < 1.29 is 4.79 Å². The molecule has 6 heteroatoms. The zero-order valence-electron chi connectivity index (χ0n) is 12.0. The predicted octanol–water partition coefficient (Wildman–Crippen LogP) is 2.98. The topological polar surface area (TPSA) is 59.8 Å².